The van der Waals surface area contributed by atoms with Gasteiger partial charge in [0.15, 0.2) is 17.0 Å². The van der Waals surface area contributed by atoms with E-state index in [2.05, 4.69) is 19.6 Å². The smallest absolute Gasteiger partial charge is 0.193 e. The van der Waals surface area contributed by atoms with E-state index >= 15 is 0 Å². The van der Waals surface area contributed by atoms with Crippen molar-refractivity contribution in [3.8, 4) is 22.8 Å². The highest BCUT2D eigenvalue weighted by Gasteiger charge is 2.25. The number of hydrogen-bond donors (Lipinski definition) is 1. The van der Waals surface area contributed by atoms with Crippen LogP contribution >= 0.6 is 0 Å². The van der Waals surface area contributed by atoms with Crippen molar-refractivity contribution in [3.05, 3.63) is 70.2 Å². The summed E-state index contributed by atoms with van der Waals surface area (Å²) >= 11 is 0. The van der Waals surface area contributed by atoms with E-state index in [-0.39, 0.29) is 16.8 Å². The SMILES string of the molecule is CC.CC(=O)c1cn2c(cc1=O)-c1oc3c(-c4ccco4)cccc3c1CC2.CCC.CN. The first-order valence-corrected chi connectivity index (χ1v) is 11.5. The van der Waals surface area contributed by atoms with Gasteiger partial charge in [-0.05, 0) is 38.6 Å². The van der Waals surface area contributed by atoms with Crippen LogP contribution in [0.2, 0.25) is 0 Å². The Bertz CT molecular complexity index is 1250. The first-order valence-electron chi connectivity index (χ1n) is 11.5. The van der Waals surface area contributed by atoms with E-state index in [0.717, 1.165) is 34.3 Å². The molecular weight excluding hydrogens is 416 g/mol. The quantitative estimate of drug-likeness (QED) is 0.362. The van der Waals surface area contributed by atoms with Gasteiger partial charge in [-0.25, -0.2) is 0 Å². The zero-order valence-electron chi connectivity index (χ0n) is 20.4. The molecule has 0 aliphatic carbocycles. The molecule has 0 radical (unpaired) electrons. The van der Waals surface area contributed by atoms with Gasteiger partial charge in [0.05, 0.1) is 23.1 Å². The Morgan fingerprint density at radius 2 is 1.82 bits per heavy atom. The predicted octanol–water partition coefficient (Wildman–Crippen LogP) is 6.30. The van der Waals surface area contributed by atoms with Crippen molar-refractivity contribution in [1.29, 1.82) is 0 Å². The Balaban J connectivity index is 0.000000501. The number of carbonyl (C=O) groups is 1. The van der Waals surface area contributed by atoms with Crippen LogP contribution in [0.5, 0.6) is 0 Å². The lowest BCUT2D eigenvalue weighted by Gasteiger charge is -2.18. The average Bonchev–Trinajstić information content (AvgIpc) is 3.50. The van der Waals surface area contributed by atoms with Crippen LogP contribution in [0.4, 0.5) is 0 Å². The minimum absolute atomic E-state index is 0.213. The van der Waals surface area contributed by atoms with Crippen LogP contribution in [0.15, 0.2) is 62.5 Å². The lowest BCUT2D eigenvalue weighted by Crippen LogP contribution is -2.20. The van der Waals surface area contributed by atoms with Gasteiger partial charge in [-0.15, -0.1) is 0 Å². The maximum Gasteiger partial charge on any atom is 0.193 e. The summed E-state index contributed by atoms with van der Waals surface area (Å²) in [7, 11) is 1.50. The minimum Gasteiger partial charge on any atom is -0.464 e. The number of nitrogens with two attached hydrogens (primary N) is 1. The molecule has 6 heteroatoms. The van der Waals surface area contributed by atoms with Crippen molar-refractivity contribution in [3.63, 3.8) is 0 Å². The topological polar surface area (TPSA) is 91.4 Å². The fourth-order valence-electron chi connectivity index (χ4n) is 3.70. The van der Waals surface area contributed by atoms with Crippen LogP contribution in [0, 0.1) is 0 Å². The monoisotopic (exact) mass is 450 g/mol. The summed E-state index contributed by atoms with van der Waals surface area (Å²) in [5, 5.41) is 1.03. The van der Waals surface area contributed by atoms with Crippen LogP contribution in [0.25, 0.3) is 33.7 Å². The van der Waals surface area contributed by atoms with E-state index < -0.39 is 0 Å². The molecule has 3 aromatic heterocycles. The number of para-hydroxylation sites is 1. The van der Waals surface area contributed by atoms with Crippen LogP contribution in [0.3, 0.4) is 0 Å². The third-order valence-corrected chi connectivity index (χ3v) is 4.95. The van der Waals surface area contributed by atoms with Crippen molar-refractivity contribution in [1.82, 2.24) is 4.57 Å². The Hall–Kier alpha value is -3.38. The molecule has 176 valence electrons. The number of furan rings is 2. The molecule has 0 amide bonds. The first-order chi connectivity index (χ1) is 16.0. The number of Topliss-reactive ketones (excluding diaryl/α,β-unsaturated/α-hetero) is 1. The van der Waals surface area contributed by atoms with Gasteiger partial charge < -0.3 is 19.1 Å². The van der Waals surface area contributed by atoms with E-state index in [0.29, 0.717) is 18.0 Å². The zero-order chi connectivity index (χ0) is 24.5. The predicted molar refractivity (Wildman–Crippen MR) is 135 cm³/mol. The van der Waals surface area contributed by atoms with E-state index in [1.165, 1.54) is 26.5 Å². The van der Waals surface area contributed by atoms with Gasteiger partial charge in [0.1, 0.15) is 11.3 Å². The van der Waals surface area contributed by atoms with Crippen molar-refractivity contribution in [2.45, 2.75) is 54.0 Å². The fraction of sp³-hybridized carbons (Fsp3) is 0.333. The number of carbonyl (C=O) groups excluding carboxylic acids is 1. The highest BCUT2D eigenvalue weighted by molar-refractivity contribution is 5.97. The normalized spacial score (nSPS) is 11.0. The van der Waals surface area contributed by atoms with Crippen LogP contribution in [0.1, 0.15) is 57.0 Å². The molecule has 1 aliphatic rings. The van der Waals surface area contributed by atoms with Gasteiger partial charge in [0.2, 0.25) is 0 Å². The Morgan fingerprint density at radius 1 is 1.12 bits per heavy atom. The van der Waals surface area contributed by atoms with Gasteiger partial charge in [-0.3, -0.25) is 9.59 Å². The van der Waals surface area contributed by atoms with Gasteiger partial charge >= 0.3 is 0 Å². The van der Waals surface area contributed by atoms with Crippen molar-refractivity contribution in [2.75, 3.05) is 7.05 Å². The Kier molecular flexibility index (Phi) is 9.43. The molecule has 0 saturated carbocycles. The molecule has 0 spiro atoms. The number of nitrogens with zero attached hydrogens (tertiary/aromatic N) is 1. The van der Waals surface area contributed by atoms with Crippen molar-refractivity contribution in [2.24, 2.45) is 5.73 Å². The number of aryl methyl sites for hydroxylation is 2. The number of fused-ring (bicyclic) bond motifs is 5. The largest absolute Gasteiger partial charge is 0.464 e. The van der Waals surface area contributed by atoms with Gasteiger partial charge in [-0.2, -0.15) is 0 Å². The first kappa shape index (κ1) is 25.9. The molecule has 0 bridgehead atoms. The summed E-state index contributed by atoms with van der Waals surface area (Å²) in [5.41, 5.74) is 7.87. The number of rotatable bonds is 2. The Morgan fingerprint density at radius 3 is 2.42 bits per heavy atom. The van der Waals surface area contributed by atoms with Crippen molar-refractivity contribution < 1.29 is 13.6 Å². The summed E-state index contributed by atoms with van der Waals surface area (Å²) < 4.78 is 13.7. The maximum absolute atomic E-state index is 12.3. The number of aromatic nitrogens is 1. The van der Waals surface area contributed by atoms with Crippen LogP contribution in [-0.4, -0.2) is 17.4 Å². The third-order valence-electron chi connectivity index (χ3n) is 4.95. The summed E-state index contributed by atoms with van der Waals surface area (Å²) in [6.45, 7) is 10.4. The Labute approximate surface area is 195 Å². The molecule has 0 fully saturated rings. The molecule has 0 atom stereocenters. The van der Waals surface area contributed by atoms with E-state index in [1.807, 2.05) is 48.7 Å². The minimum atomic E-state index is -0.275. The molecule has 2 N–H and O–H groups in total. The lowest BCUT2D eigenvalue weighted by molar-refractivity contribution is 0.101. The number of hydrogen-bond acceptors (Lipinski definition) is 5. The van der Waals surface area contributed by atoms with E-state index in [9.17, 15) is 9.59 Å². The highest BCUT2D eigenvalue weighted by Crippen LogP contribution is 2.40. The summed E-state index contributed by atoms with van der Waals surface area (Å²) in [5.74, 6) is 1.21. The maximum atomic E-state index is 12.3. The second-order valence-corrected chi connectivity index (χ2v) is 7.21. The van der Waals surface area contributed by atoms with Gasteiger partial charge in [0.25, 0.3) is 0 Å². The molecule has 4 heterocycles. The van der Waals surface area contributed by atoms with Crippen LogP contribution < -0.4 is 11.2 Å². The average molecular weight is 451 g/mol. The molecule has 1 aromatic carbocycles. The van der Waals surface area contributed by atoms with Gasteiger partial charge in [-0.1, -0.05) is 46.2 Å². The second-order valence-electron chi connectivity index (χ2n) is 7.21. The molecule has 0 saturated heterocycles. The molecule has 33 heavy (non-hydrogen) atoms. The lowest BCUT2D eigenvalue weighted by atomic mass is 9.99. The third kappa shape index (κ3) is 5.17. The summed E-state index contributed by atoms with van der Waals surface area (Å²) in [6.07, 6.45) is 5.30. The molecule has 5 rings (SSSR count). The summed E-state index contributed by atoms with van der Waals surface area (Å²) in [6, 6.07) is 11.2. The fourth-order valence-corrected chi connectivity index (χ4v) is 3.70. The number of benzene rings is 1. The molecule has 6 nitrogen and oxygen atoms in total. The number of pyridine rings is 1. The summed E-state index contributed by atoms with van der Waals surface area (Å²) in [4.78, 5) is 24.0. The van der Waals surface area contributed by atoms with E-state index in [1.54, 1.807) is 12.5 Å². The molecular formula is C27H34N2O4. The standard InChI is InChI=1S/C21H15NO4.C3H8.C2H6.CH5N/c1-12(23)16-11-22-8-7-14-13-4-2-5-15(19-6-3-9-25-19)20(13)26-21(14)17(22)10-18(16)24;1-3-2;2*1-2/h2-6,9-11H,7-8H2,1H3;3H2,1-2H3;1-2H3;2H2,1H3. The van der Waals surface area contributed by atoms with Crippen molar-refractivity contribution >= 4 is 16.8 Å². The zero-order valence-corrected chi connectivity index (χ0v) is 20.4. The molecule has 0 unspecified atom stereocenters. The number of ketones is 1. The van der Waals surface area contributed by atoms with E-state index in [4.69, 9.17) is 8.83 Å². The second kappa shape index (κ2) is 12.0. The highest BCUT2D eigenvalue weighted by atomic mass is 16.3. The van der Waals surface area contributed by atoms with Crippen LogP contribution in [-0.2, 0) is 13.0 Å². The van der Waals surface area contributed by atoms with Gasteiger partial charge in [0, 0.05) is 29.8 Å². The molecule has 4 aromatic rings. The molecule has 1 aliphatic heterocycles.